The molecule has 0 N–H and O–H groups in total. The third kappa shape index (κ3) is 51.7. The van der Waals surface area contributed by atoms with Crippen molar-refractivity contribution in [2.24, 2.45) is 0 Å². The van der Waals surface area contributed by atoms with Crippen molar-refractivity contribution in [1.82, 2.24) is 0 Å². The molecule has 0 saturated carbocycles. The van der Waals surface area contributed by atoms with Gasteiger partial charge in [-0.25, -0.2) is 0 Å². The molecule has 0 bridgehead atoms. The number of carbonyl (C=O) groups is 3. The van der Waals surface area contributed by atoms with Crippen molar-refractivity contribution in [1.29, 1.82) is 0 Å². The Kier molecular flexibility index (Phi) is 50.9. The van der Waals surface area contributed by atoms with Crippen molar-refractivity contribution in [2.75, 3.05) is 13.2 Å². The Balaban J connectivity index is 4.28. The molecule has 0 amide bonds. The minimum atomic E-state index is -0.780. The van der Waals surface area contributed by atoms with Gasteiger partial charge < -0.3 is 14.2 Å². The Labute approximate surface area is 402 Å². The SMILES string of the molecule is CC/C=C\C/C=C\C/C=C\C/C=C\CCCCCCCCCCC(=O)OCC(COC(=O)CCCCCCCCCC)OC(=O)CCCCCCCCC/C=C\C/C=C\CCCCCC. The number of carbonyl (C=O) groups excluding carboxylic acids is 3. The van der Waals surface area contributed by atoms with E-state index in [1.165, 1.54) is 122 Å². The average molecular weight is 907 g/mol. The first-order chi connectivity index (χ1) is 32.0. The molecule has 0 aliphatic rings. The summed E-state index contributed by atoms with van der Waals surface area (Å²) in [4.78, 5) is 38.0. The van der Waals surface area contributed by atoms with Gasteiger partial charge in [0.2, 0.25) is 0 Å². The van der Waals surface area contributed by atoms with Crippen LogP contribution in [-0.2, 0) is 28.6 Å². The molecule has 6 nitrogen and oxygen atoms in total. The Morgan fingerprint density at radius 1 is 0.323 bits per heavy atom. The minimum absolute atomic E-state index is 0.0800. The topological polar surface area (TPSA) is 78.9 Å². The van der Waals surface area contributed by atoms with Crippen molar-refractivity contribution in [3.63, 3.8) is 0 Å². The van der Waals surface area contributed by atoms with Crippen LogP contribution in [0, 0.1) is 0 Å². The maximum Gasteiger partial charge on any atom is 0.306 e. The Morgan fingerprint density at radius 2 is 0.600 bits per heavy atom. The number of unbranched alkanes of at least 4 members (excludes halogenated alkanes) is 26. The molecule has 0 rings (SSSR count). The van der Waals surface area contributed by atoms with Crippen LogP contribution >= 0.6 is 0 Å². The van der Waals surface area contributed by atoms with E-state index in [-0.39, 0.29) is 31.1 Å². The first-order valence-electron chi connectivity index (χ1n) is 27.4. The molecule has 6 heteroatoms. The second-order valence-electron chi connectivity index (χ2n) is 18.1. The molecule has 0 heterocycles. The van der Waals surface area contributed by atoms with E-state index in [9.17, 15) is 14.4 Å². The van der Waals surface area contributed by atoms with Crippen molar-refractivity contribution in [3.05, 3.63) is 72.9 Å². The van der Waals surface area contributed by atoms with Crippen LogP contribution in [0.2, 0.25) is 0 Å². The van der Waals surface area contributed by atoms with Crippen molar-refractivity contribution < 1.29 is 28.6 Å². The lowest BCUT2D eigenvalue weighted by molar-refractivity contribution is -0.167. The monoisotopic (exact) mass is 907 g/mol. The highest BCUT2D eigenvalue weighted by Gasteiger charge is 2.19. The second-order valence-corrected chi connectivity index (χ2v) is 18.1. The van der Waals surface area contributed by atoms with Crippen LogP contribution in [-0.4, -0.2) is 37.2 Å². The Morgan fingerprint density at radius 3 is 0.954 bits per heavy atom. The highest BCUT2D eigenvalue weighted by atomic mass is 16.6. The van der Waals surface area contributed by atoms with Gasteiger partial charge in [-0.2, -0.15) is 0 Å². The second kappa shape index (κ2) is 53.5. The molecule has 374 valence electrons. The van der Waals surface area contributed by atoms with Gasteiger partial charge >= 0.3 is 17.9 Å². The molecule has 0 spiro atoms. The van der Waals surface area contributed by atoms with Crippen molar-refractivity contribution in [2.45, 2.75) is 271 Å². The lowest BCUT2D eigenvalue weighted by atomic mass is 10.1. The summed E-state index contributed by atoms with van der Waals surface area (Å²) in [6.07, 6.45) is 67.5. The fourth-order valence-electron chi connectivity index (χ4n) is 7.58. The van der Waals surface area contributed by atoms with Gasteiger partial charge in [0.1, 0.15) is 13.2 Å². The zero-order valence-electron chi connectivity index (χ0n) is 42.7. The highest BCUT2D eigenvalue weighted by molar-refractivity contribution is 5.71. The number of hydrogen-bond donors (Lipinski definition) is 0. The molecule has 1 unspecified atom stereocenters. The van der Waals surface area contributed by atoms with Crippen LogP contribution in [0.1, 0.15) is 265 Å². The summed E-state index contributed by atoms with van der Waals surface area (Å²) in [5, 5.41) is 0. The lowest BCUT2D eigenvalue weighted by Crippen LogP contribution is -2.30. The summed E-state index contributed by atoms with van der Waals surface area (Å²) in [6, 6.07) is 0. The van der Waals surface area contributed by atoms with Crippen LogP contribution in [0.3, 0.4) is 0 Å². The van der Waals surface area contributed by atoms with E-state index < -0.39 is 6.10 Å². The summed E-state index contributed by atoms with van der Waals surface area (Å²) < 4.78 is 16.8. The van der Waals surface area contributed by atoms with Gasteiger partial charge in [-0.15, -0.1) is 0 Å². The molecule has 0 aliphatic carbocycles. The van der Waals surface area contributed by atoms with Crippen LogP contribution in [0.25, 0.3) is 0 Å². The zero-order valence-corrected chi connectivity index (χ0v) is 42.7. The normalized spacial score (nSPS) is 12.6. The summed E-state index contributed by atoms with van der Waals surface area (Å²) in [5.74, 6) is -0.896. The Bertz CT molecular complexity index is 1230. The van der Waals surface area contributed by atoms with Crippen LogP contribution in [0.15, 0.2) is 72.9 Å². The van der Waals surface area contributed by atoms with Gasteiger partial charge in [0.05, 0.1) is 0 Å². The summed E-state index contributed by atoms with van der Waals surface area (Å²) in [5.41, 5.74) is 0. The number of allylic oxidation sites excluding steroid dienone is 12. The van der Waals surface area contributed by atoms with E-state index >= 15 is 0 Å². The third-order valence-corrected chi connectivity index (χ3v) is 11.7. The number of hydrogen-bond acceptors (Lipinski definition) is 6. The number of rotatable bonds is 49. The maximum atomic E-state index is 12.8. The molecule has 0 aliphatic heterocycles. The molecule has 0 radical (unpaired) electrons. The maximum absolute atomic E-state index is 12.8. The molecule has 0 fully saturated rings. The van der Waals surface area contributed by atoms with Crippen LogP contribution in [0.5, 0.6) is 0 Å². The van der Waals surface area contributed by atoms with Crippen LogP contribution < -0.4 is 0 Å². The average Bonchev–Trinajstić information content (AvgIpc) is 3.30. The highest BCUT2D eigenvalue weighted by Crippen LogP contribution is 2.15. The van der Waals surface area contributed by atoms with Gasteiger partial charge in [-0.3, -0.25) is 14.4 Å². The van der Waals surface area contributed by atoms with E-state index in [0.717, 1.165) is 103 Å². The minimum Gasteiger partial charge on any atom is -0.462 e. The van der Waals surface area contributed by atoms with Crippen LogP contribution in [0.4, 0.5) is 0 Å². The number of esters is 3. The predicted molar refractivity (Wildman–Crippen MR) is 279 cm³/mol. The lowest BCUT2D eigenvalue weighted by Gasteiger charge is -2.18. The first-order valence-corrected chi connectivity index (χ1v) is 27.4. The van der Waals surface area contributed by atoms with E-state index in [4.69, 9.17) is 14.2 Å². The largest absolute Gasteiger partial charge is 0.462 e. The zero-order chi connectivity index (χ0) is 47.2. The quantitative estimate of drug-likeness (QED) is 0.0262. The fourth-order valence-corrected chi connectivity index (χ4v) is 7.58. The van der Waals surface area contributed by atoms with Gasteiger partial charge in [0.15, 0.2) is 6.10 Å². The van der Waals surface area contributed by atoms with Gasteiger partial charge in [0, 0.05) is 19.3 Å². The summed E-state index contributed by atoms with van der Waals surface area (Å²) >= 11 is 0. The molecule has 0 saturated heterocycles. The third-order valence-electron chi connectivity index (χ3n) is 11.7. The first kappa shape index (κ1) is 61.9. The van der Waals surface area contributed by atoms with Gasteiger partial charge in [-0.1, -0.05) is 229 Å². The van der Waals surface area contributed by atoms with Gasteiger partial charge in [0.25, 0.3) is 0 Å². The standard InChI is InChI=1S/C59H102O6/c1-4-7-10-13-16-19-21-23-25-27-29-30-31-33-34-36-38-40-43-46-49-52-58(61)64-55-56(54-63-57(60)51-48-45-42-18-15-12-9-6-3)65-59(62)53-50-47-44-41-39-37-35-32-28-26-24-22-20-17-14-11-8-5-2/h7,10,16,19-20,22-23,25-26,28-30,56H,4-6,8-9,11-15,17-18,21,24,27,31-55H2,1-3H3/b10-7-,19-16-,22-20-,25-23-,28-26-,30-29-. The molecule has 65 heavy (non-hydrogen) atoms. The summed E-state index contributed by atoms with van der Waals surface area (Å²) in [6.45, 7) is 6.48. The molecular formula is C59H102O6. The van der Waals surface area contributed by atoms with Crippen molar-refractivity contribution in [3.8, 4) is 0 Å². The van der Waals surface area contributed by atoms with E-state index in [2.05, 4.69) is 93.7 Å². The molecule has 0 aromatic rings. The molecule has 1 atom stereocenters. The van der Waals surface area contributed by atoms with Crippen molar-refractivity contribution >= 4 is 17.9 Å². The molecule has 0 aromatic heterocycles. The van der Waals surface area contributed by atoms with E-state index in [0.29, 0.717) is 19.3 Å². The molecular weight excluding hydrogens is 805 g/mol. The van der Waals surface area contributed by atoms with Gasteiger partial charge in [-0.05, 0) is 89.9 Å². The van der Waals surface area contributed by atoms with E-state index in [1.807, 2.05) is 0 Å². The number of ether oxygens (including phenoxy) is 3. The summed E-state index contributed by atoms with van der Waals surface area (Å²) in [7, 11) is 0. The fraction of sp³-hybridized carbons (Fsp3) is 0.746. The molecule has 0 aromatic carbocycles. The Hall–Kier alpha value is -3.15. The smallest absolute Gasteiger partial charge is 0.306 e. The predicted octanol–water partition coefficient (Wildman–Crippen LogP) is 18.2. The van der Waals surface area contributed by atoms with E-state index in [1.54, 1.807) is 0 Å².